The van der Waals surface area contributed by atoms with E-state index in [0.717, 1.165) is 4.43 Å². The van der Waals surface area contributed by atoms with E-state index in [4.69, 9.17) is 9.47 Å². The highest BCUT2D eigenvalue weighted by Gasteiger charge is 2.39. The number of ether oxygens (including phenoxy) is 2. The third-order valence-electron chi connectivity index (χ3n) is 2.43. The van der Waals surface area contributed by atoms with Crippen LogP contribution in [0.3, 0.4) is 0 Å². The van der Waals surface area contributed by atoms with Crippen LogP contribution in [0.25, 0.3) is 0 Å². The van der Waals surface area contributed by atoms with Gasteiger partial charge in [-0.3, -0.25) is 4.90 Å². The molecule has 0 radical (unpaired) electrons. The molecule has 1 fully saturated rings. The van der Waals surface area contributed by atoms with Gasteiger partial charge in [-0.2, -0.15) is 0 Å². The first-order valence-electron chi connectivity index (χ1n) is 5.43. The van der Waals surface area contributed by atoms with E-state index < -0.39 is 5.60 Å². The Morgan fingerprint density at radius 2 is 2.19 bits per heavy atom. The second kappa shape index (κ2) is 5.08. The third kappa shape index (κ3) is 3.48. The SMILES string of the molecule is CC(C)(C)OC(=O)N1CCOCC1(C)CI. The maximum absolute atomic E-state index is 12.0. The molecule has 1 amide bonds. The fraction of sp³-hybridized carbons (Fsp3) is 0.909. The van der Waals surface area contributed by atoms with E-state index in [1.54, 1.807) is 4.90 Å². The van der Waals surface area contributed by atoms with Crippen molar-refractivity contribution in [1.82, 2.24) is 4.90 Å². The van der Waals surface area contributed by atoms with Crippen molar-refractivity contribution in [1.29, 1.82) is 0 Å². The largest absolute Gasteiger partial charge is 0.444 e. The van der Waals surface area contributed by atoms with E-state index in [9.17, 15) is 4.79 Å². The molecule has 0 aliphatic carbocycles. The first-order valence-corrected chi connectivity index (χ1v) is 6.95. The van der Waals surface area contributed by atoms with Crippen molar-refractivity contribution in [3.05, 3.63) is 0 Å². The molecule has 0 bridgehead atoms. The Balaban J connectivity index is 2.72. The summed E-state index contributed by atoms with van der Waals surface area (Å²) in [5, 5.41) is 0. The molecule has 0 N–H and O–H groups in total. The second-order valence-electron chi connectivity index (χ2n) is 5.32. The predicted molar refractivity (Wildman–Crippen MR) is 71.1 cm³/mol. The number of nitrogens with zero attached hydrogens (tertiary/aromatic N) is 1. The summed E-state index contributed by atoms with van der Waals surface area (Å²) >= 11 is 2.28. The molecule has 4 nitrogen and oxygen atoms in total. The van der Waals surface area contributed by atoms with Gasteiger partial charge in [0.05, 0.1) is 18.8 Å². The number of carbonyl (C=O) groups is 1. The summed E-state index contributed by atoms with van der Waals surface area (Å²) < 4.78 is 11.7. The molecule has 1 unspecified atom stereocenters. The summed E-state index contributed by atoms with van der Waals surface area (Å²) in [4.78, 5) is 13.8. The Hall–Kier alpha value is -0.0400. The minimum atomic E-state index is -0.443. The van der Waals surface area contributed by atoms with E-state index in [0.29, 0.717) is 19.8 Å². The predicted octanol–water partition coefficient (Wildman–Crippen LogP) is 2.45. The molecule has 0 aromatic heterocycles. The van der Waals surface area contributed by atoms with Crippen LogP contribution in [-0.2, 0) is 9.47 Å². The molecular weight excluding hydrogens is 321 g/mol. The lowest BCUT2D eigenvalue weighted by Gasteiger charge is -2.43. The number of alkyl halides is 1. The zero-order valence-electron chi connectivity index (χ0n) is 10.4. The summed E-state index contributed by atoms with van der Waals surface area (Å²) in [7, 11) is 0. The summed E-state index contributed by atoms with van der Waals surface area (Å²) in [5.41, 5.74) is -0.692. The number of hydrogen-bond donors (Lipinski definition) is 0. The first-order chi connectivity index (χ1) is 7.28. The van der Waals surface area contributed by atoms with Crippen molar-refractivity contribution in [3.8, 4) is 0 Å². The highest BCUT2D eigenvalue weighted by Crippen LogP contribution is 2.24. The van der Waals surface area contributed by atoms with E-state index in [-0.39, 0.29) is 11.6 Å². The summed E-state index contributed by atoms with van der Waals surface area (Å²) in [6.07, 6.45) is -0.241. The molecule has 0 aromatic carbocycles. The Kier molecular flexibility index (Phi) is 4.45. The van der Waals surface area contributed by atoms with Crippen LogP contribution < -0.4 is 0 Å². The lowest BCUT2D eigenvalue weighted by Crippen LogP contribution is -2.59. The third-order valence-corrected chi connectivity index (χ3v) is 4.07. The summed E-state index contributed by atoms with van der Waals surface area (Å²) in [6.45, 7) is 9.45. The van der Waals surface area contributed by atoms with Crippen molar-refractivity contribution in [2.75, 3.05) is 24.2 Å². The molecule has 1 atom stereocenters. The van der Waals surface area contributed by atoms with Gasteiger partial charge in [-0.05, 0) is 27.7 Å². The minimum absolute atomic E-state index is 0.241. The Bertz CT molecular complexity index is 264. The topological polar surface area (TPSA) is 38.8 Å². The Morgan fingerprint density at radius 1 is 1.56 bits per heavy atom. The number of amides is 1. The number of carbonyl (C=O) groups excluding carboxylic acids is 1. The van der Waals surface area contributed by atoms with Gasteiger partial charge in [0.2, 0.25) is 0 Å². The van der Waals surface area contributed by atoms with Crippen LogP contribution >= 0.6 is 22.6 Å². The van der Waals surface area contributed by atoms with Crippen molar-refractivity contribution in [3.63, 3.8) is 0 Å². The van der Waals surface area contributed by atoms with Gasteiger partial charge in [0, 0.05) is 11.0 Å². The zero-order chi connectivity index (χ0) is 12.4. The minimum Gasteiger partial charge on any atom is -0.444 e. The number of hydrogen-bond acceptors (Lipinski definition) is 3. The molecule has 5 heteroatoms. The van der Waals surface area contributed by atoms with E-state index in [1.165, 1.54) is 0 Å². The number of morpholine rings is 1. The van der Waals surface area contributed by atoms with Gasteiger partial charge < -0.3 is 9.47 Å². The fourth-order valence-electron chi connectivity index (χ4n) is 1.54. The highest BCUT2D eigenvalue weighted by molar-refractivity contribution is 14.1. The van der Waals surface area contributed by atoms with Crippen molar-refractivity contribution >= 4 is 28.7 Å². The number of halogens is 1. The molecule has 94 valence electrons. The van der Waals surface area contributed by atoms with Gasteiger partial charge in [-0.15, -0.1) is 0 Å². The smallest absolute Gasteiger partial charge is 0.410 e. The molecule has 1 aliphatic heterocycles. The van der Waals surface area contributed by atoms with E-state index in [2.05, 4.69) is 22.6 Å². The van der Waals surface area contributed by atoms with Crippen LogP contribution in [0.5, 0.6) is 0 Å². The van der Waals surface area contributed by atoms with Crippen LogP contribution in [0.1, 0.15) is 27.7 Å². The molecule has 1 aliphatic rings. The average Bonchev–Trinajstić information content (AvgIpc) is 2.15. The van der Waals surface area contributed by atoms with Crippen LogP contribution in [-0.4, -0.2) is 46.3 Å². The normalized spacial score (nSPS) is 26.7. The fourth-order valence-corrected chi connectivity index (χ4v) is 2.17. The maximum atomic E-state index is 12.0. The summed E-state index contributed by atoms with van der Waals surface area (Å²) in [5.74, 6) is 0. The molecular formula is C11H20INO3. The van der Waals surface area contributed by atoms with Gasteiger partial charge in [0.15, 0.2) is 0 Å². The zero-order valence-corrected chi connectivity index (χ0v) is 12.5. The van der Waals surface area contributed by atoms with Crippen LogP contribution in [0.2, 0.25) is 0 Å². The maximum Gasteiger partial charge on any atom is 0.410 e. The van der Waals surface area contributed by atoms with Gasteiger partial charge in [-0.1, -0.05) is 22.6 Å². The average molecular weight is 341 g/mol. The van der Waals surface area contributed by atoms with E-state index >= 15 is 0 Å². The Morgan fingerprint density at radius 3 is 2.69 bits per heavy atom. The van der Waals surface area contributed by atoms with Crippen molar-refractivity contribution < 1.29 is 14.3 Å². The van der Waals surface area contributed by atoms with Gasteiger partial charge in [-0.25, -0.2) is 4.79 Å². The van der Waals surface area contributed by atoms with Crippen molar-refractivity contribution in [2.45, 2.75) is 38.8 Å². The molecule has 1 saturated heterocycles. The molecule has 0 aromatic rings. The van der Waals surface area contributed by atoms with Gasteiger partial charge >= 0.3 is 6.09 Å². The number of rotatable bonds is 1. The quantitative estimate of drug-likeness (QED) is 0.543. The van der Waals surface area contributed by atoms with Crippen LogP contribution in [0.4, 0.5) is 4.79 Å². The lowest BCUT2D eigenvalue weighted by molar-refractivity contribution is -0.0588. The van der Waals surface area contributed by atoms with Crippen LogP contribution in [0, 0.1) is 0 Å². The highest BCUT2D eigenvalue weighted by atomic mass is 127. The van der Waals surface area contributed by atoms with Gasteiger partial charge in [0.25, 0.3) is 0 Å². The molecule has 0 spiro atoms. The van der Waals surface area contributed by atoms with E-state index in [1.807, 2.05) is 27.7 Å². The lowest BCUT2D eigenvalue weighted by atomic mass is 10.0. The summed E-state index contributed by atoms with van der Waals surface area (Å²) in [6, 6.07) is 0. The molecule has 1 heterocycles. The van der Waals surface area contributed by atoms with Gasteiger partial charge in [0.1, 0.15) is 5.60 Å². The monoisotopic (exact) mass is 341 g/mol. The second-order valence-corrected chi connectivity index (χ2v) is 6.08. The standard InChI is InChI=1S/C11H20INO3/c1-10(2,3)16-9(14)13-5-6-15-8-11(13,4)7-12/h5-8H2,1-4H3. The van der Waals surface area contributed by atoms with Crippen LogP contribution in [0.15, 0.2) is 0 Å². The molecule has 0 saturated carbocycles. The molecule has 16 heavy (non-hydrogen) atoms. The molecule has 1 rings (SSSR count). The first kappa shape index (κ1) is 14.0. The Labute approximate surface area is 111 Å². The van der Waals surface area contributed by atoms with Crippen molar-refractivity contribution in [2.24, 2.45) is 0 Å².